The van der Waals surface area contributed by atoms with Gasteiger partial charge in [-0.1, -0.05) is 26.9 Å². The van der Waals surface area contributed by atoms with Crippen molar-refractivity contribution in [3.63, 3.8) is 0 Å². The van der Waals surface area contributed by atoms with Crippen molar-refractivity contribution >= 4 is 14.9 Å². The van der Waals surface area contributed by atoms with Gasteiger partial charge < -0.3 is 4.98 Å². The zero-order valence-corrected chi connectivity index (χ0v) is 9.48. The van der Waals surface area contributed by atoms with Gasteiger partial charge >= 0.3 is 0 Å². The van der Waals surface area contributed by atoms with E-state index >= 15 is 0 Å². The fourth-order valence-electron chi connectivity index (χ4n) is 0.969. The van der Waals surface area contributed by atoms with Gasteiger partial charge in [-0.2, -0.15) is 0 Å². The first-order valence-electron chi connectivity index (χ1n) is 4.42. The lowest BCUT2D eigenvalue weighted by atomic mass is 10.4. The fourth-order valence-corrected chi connectivity index (χ4v) is 1.61. The molecule has 0 heterocycles. The van der Waals surface area contributed by atoms with E-state index in [0.29, 0.717) is 6.54 Å². The van der Waals surface area contributed by atoms with E-state index in [0.717, 1.165) is 13.1 Å². The monoisotopic (exact) mass is 187 g/mol. The molecule has 0 spiro atoms. The lowest BCUT2D eigenvalue weighted by Crippen LogP contribution is -2.41. The summed E-state index contributed by atoms with van der Waals surface area (Å²) in [6.45, 7) is 10.7. The van der Waals surface area contributed by atoms with Gasteiger partial charge in [-0.25, -0.2) is 0 Å². The van der Waals surface area contributed by atoms with Crippen molar-refractivity contribution in [2.75, 3.05) is 19.6 Å². The Morgan fingerprint density at radius 3 is 2.17 bits per heavy atom. The molecule has 0 aromatic rings. The van der Waals surface area contributed by atoms with Gasteiger partial charge in [-0.05, 0) is 13.1 Å². The molecule has 0 aliphatic heterocycles. The van der Waals surface area contributed by atoms with Gasteiger partial charge in [0.2, 0.25) is 5.91 Å². The zero-order chi connectivity index (χ0) is 9.56. The first-order valence-corrected chi connectivity index (χ1v) is 6.92. The molecule has 1 amide bonds. The quantitative estimate of drug-likeness (QED) is 0.643. The van der Waals surface area contributed by atoms with Gasteiger partial charge in [-0.15, -0.1) is 0 Å². The summed E-state index contributed by atoms with van der Waals surface area (Å²) in [4.78, 5) is 16.3. The maximum absolute atomic E-state index is 11.3. The van der Waals surface area contributed by atoms with Crippen molar-refractivity contribution in [2.24, 2.45) is 0 Å². The Morgan fingerprint density at radius 1 is 1.33 bits per heavy atom. The van der Waals surface area contributed by atoms with E-state index in [1.807, 2.05) is 0 Å². The summed E-state index contributed by atoms with van der Waals surface area (Å²) in [7, 11) is -0.621. The minimum absolute atomic E-state index is 0.164. The molecule has 0 aromatic carbocycles. The molecule has 0 saturated carbocycles. The second kappa shape index (κ2) is 6.19. The molecule has 0 rings (SSSR count). The van der Waals surface area contributed by atoms with Crippen LogP contribution in [0.25, 0.3) is 0 Å². The number of nitrogens with one attached hydrogen (secondary N) is 1. The Hall–Kier alpha value is -0.353. The van der Waals surface area contributed by atoms with Gasteiger partial charge in [0, 0.05) is 0 Å². The van der Waals surface area contributed by atoms with E-state index < -0.39 is 8.96 Å². The summed E-state index contributed by atoms with van der Waals surface area (Å²) in [5.41, 5.74) is 0. The van der Waals surface area contributed by atoms with Crippen LogP contribution >= 0.6 is 0 Å². The molecule has 0 aliphatic carbocycles. The molecule has 0 aliphatic rings. The highest BCUT2D eigenvalue weighted by molar-refractivity contribution is 6.56. The highest BCUT2D eigenvalue weighted by atomic mass is 28.3. The van der Waals surface area contributed by atoms with Crippen LogP contribution in [0.3, 0.4) is 0 Å². The third-order valence-electron chi connectivity index (χ3n) is 1.65. The third kappa shape index (κ3) is 5.32. The Balaban J connectivity index is 3.66. The maximum Gasteiger partial charge on any atom is 0.226 e. The number of carbonyl (C=O) groups is 1. The number of hydrogen-bond donors (Lipinski definition) is 1. The molecule has 0 saturated heterocycles. The summed E-state index contributed by atoms with van der Waals surface area (Å²) in [6.07, 6.45) is 0. The van der Waals surface area contributed by atoms with Crippen LogP contribution in [0.1, 0.15) is 13.8 Å². The average molecular weight is 187 g/mol. The smallest absolute Gasteiger partial charge is 0.226 e. The number of carbonyl (C=O) groups excluding carboxylic acids is 1. The topological polar surface area (TPSA) is 32.3 Å². The first kappa shape index (κ1) is 11.6. The molecule has 12 heavy (non-hydrogen) atoms. The molecule has 0 atom stereocenters. The summed E-state index contributed by atoms with van der Waals surface area (Å²) in [5, 5.41) is 0. The Labute approximate surface area is 76.8 Å². The van der Waals surface area contributed by atoms with E-state index in [1.54, 1.807) is 0 Å². The van der Waals surface area contributed by atoms with Crippen molar-refractivity contribution in [1.82, 2.24) is 9.88 Å². The van der Waals surface area contributed by atoms with Crippen LogP contribution in [0.4, 0.5) is 0 Å². The predicted octanol–water partition coefficient (Wildman–Crippen LogP) is 0.695. The maximum atomic E-state index is 11.3. The summed E-state index contributed by atoms with van der Waals surface area (Å²) >= 11 is 0. The second-order valence-electron chi connectivity index (χ2n) is 3.01. The Kier molecular flexibility index (Phi) is 6.01. The molecule has 0 fully saturated rings. The van der Waals surface area contributed by atoms with Crippen molar-refractivity contribution in [3.8, 4) is 0 Å². The normalized spacial score (nSPS) is 10.8. The standard InChI is InChI=1S/C8H19N2OSi/c1-5-10(6-2)7-8(11)9-12(3)4/h5-7H2,1-4H3,(H,9,11). The van der Waals surface area contributed by atoms with Crippen molar-refractivity contribution in [2.45, 2.75) is 26.9 Å². The molecule has 3 nitrogen and oxygen atoms in total. The lowest BCUT2D eigenvalue weighted by Gasteiger charge is -2.17. The molecule has 4 heteroatoms. The highest BCUT2D eigenvalue weighted by Crippen LogP contribution is 1.86. The number of hydrogen-bond acceptors (Lipinski definition) is 2. The largest absolute Gasteiger partial charge is 0.381 e. The molecule has 0 aromatic heterocycles. The fraction of sp³-hybridized carbons (Fsp3) is 0.875. The molecule has 0 bridgehead atoms. The van der Waals surface area contributed by atoms with Crippen LogP contribution in [0, 0.1) is 0 Å². The summed E-state index contributed by atoms with van der Waals surface area (Å²) in [5.74, 6) is 0.164. The summed E-state index contributed by atoms with van der Waals surface area (Å²) < 4.78 is 0. The SMILES string of the molecule is CCN(CC)CC(=O)N[Si](C)C. The minimum Gasteiger partial charge on any atom is -0.381 e. The second-order valence-corrected chi connectivity index (χ2v) is 5.26. The minimum atomic E-state index is -0.621. The molecule has 1 radical (unpaired) electrons. The van der Waals surface area contributed by atoms with Crippen LogP contribution < -0.4 is 4.98 Å². The summed E-state index contributed by atoms with van der Waals surface area (Å²) in [6, 6.07) is 0. The van der Waals surface area contributed by atoms with Crippen molar-refractivity contribution in [1.29, 1.82) is 0 Å². The zero-order valence-electron chi connectivity index (χ0n) is 8.48. The Bertz CT molecular complexity index is 135. The number of likely N-dealkylation sites (N-methyl/N-ethyl adjacent to an activating group) is 1. The molecule has 1 N–H and O–H groups in total. The van der Waals surface area contributed by atoms with Crippen LogP contribution in [0.15, 0.2) is 0 Å². The molecule has 0 unspecified atom stereocenters. The van der Waals surface area contributed by atoms with Crippen LogP contribution in [0.2, 0.25) is 13.1 Å². The Morgan fingerprint density at radius 2 is 1.83 bits per heavy atom. The van der Waals surface area contributed by atoms with Crippen LogP contribution in [-0.2, 0) is 4.79 Å². The van der Waals surface area contributed by atoms with Gasteiger partial charge in [-0.3, -0.25) is 9.69 Å². The van der Waals surface area contributed by atoms with Gasteiger partial charge in [0.15, 0.2) is 8.96 Å². The molecular weight excluding hydrogens is 168 g/mol. The van der Waals surface area contributed by atoms with E-state index in [4.69, 9.17) is 0 Å². The number of nitrogens with zero attached hydrogens (tertiary/aromatic N) is 1. The average Bonchev–Trinajstić information content (AvgIpc) is 1.98. The van der Waals surface area contributed by atoms with Gasteiger partial charge in [0.05, 0.1) is 6.54 Å². The van der Waals surface area contributed by atoms with Gasteiger partial charge in [0.1, 0.15) is 0 Å². The van der Waals surface area contributed by atoms with Gasteiger partial charge in [0.25, 0.3) is 0 Å². The van der Waals surface area contributed by atoms with Crippen molar-refractivity contribution < 1.29 is 4.79 Å². The number of amides is 1. The van der Waals surface area contributed by atoms with Crippen LogP contribution in [0.5, 0.6) is 0 Å². The van der Waals surface area contributed by atoms with E-state index in [1.165, 1.54) is 0 Å². The third-order valence-corrected chi connectivity index (χ3v) is 2.43. The predicted molar refractivity (Wildman–Crippen MR) is 53.4 cm³/mol. The lowest BCUT2D eigenvalue weighted by molar-refractivity contribution is -0.120. The van der Waals surface area contributed by atoms with Crippen LogP contribution in [-0.4, -0.2) is 39.4 Å². The van der Waals surface area contributed by atoms with E-state index in [2.05, 4.69) is 36.8 Å². The first-order chi connectivity index (χ1) is 5.60. The molecule has 71 valence electrons. The van der Waals surface area contributed by atoms with E-state index in [9.17, 15) is 4.79 Å². The molecular formula is C8H19N2OSi. The van der Waals surface area contributed by atoms with E-state index in [-0.39, 0.29) is 5.91 Å². The highest BCUT2D eigenvalue weighted by Gasteiger charge is 2.07. The number of rotatable bonds is 5. The van der Waals surface area contributed by atoms with Crippen molar-refractivity contribution in [3.05, 3.63) is 0 Å².